The van der Waals surface area contributed by atoms with Gasteiger partial charge in [-0.05, 0) is 67.0 Å². The van der Waals surface area contributed by atoms with Crippen molar-refractivity contribution in [1.82, 2.24) is 26.6 Å². The van der Waals surface area contributed by atoms with Crippen molar-refractivity contribution in [1.29, 1.82) is 0 Å². The third-order valence-corrected chi connectivity index (χ3v) is 8.92. The quantitative estimate of drug-likeness (QED) is 0.232. The number of amides is 5. The molecule has 0 aromatic heterocycles. The average molecular weight is 746 g/mol. The Labute approximate surface area is 316 Å². The molecule has 1 aliphatic heterocycles. The smallest absolute Gasteiger partial charge is 0.257 e. The third-order valence-electron chi connectivity index (χ3n) is 8.92. The summed E-state index contributed by atoms with van der Waals surface area (Å²) in [6.45, 7) is 3.89. The van der Waals surface area contributed by atoms with E-state index in [2.05, 4.69) is 26.6 Å². The Morgan fingerprint density at radius 3 is 2.19 bits per heavy atom. The van der Waals surface area contributed by atoms with Crippen LogP contribution in [0, 0.1) is 5.92 Å². The van der Waals surface area contributed by atoms with Gasteiger partial charge in [-0.15, -0.1) is 0 Å². The lowest BCUT2D eigenvalue weighted by atomic mass is 10.00. The van der Waals surface area contributed by atoms with Gasteiger partial charge in [0, 0.05) is 31.1 Å². The van der Waals surface area contributed by atoms with Crippen molar-refractivity contribution >= 4 is 29.5 Å². The van der Waals surface area contributed by atoms with Crippen LogP contribution in [0.5, 0.6) is 23.0 Å². The van der Waals surface area contributed by atoms with E-state index in [9.17, 15) is 24.0 Å². The van der Waals surface area contributed by atoms with E-state index in [0.29, 0.717) is 42.4 Å². The molecule has 3 aromatic carbocycles. The number of fused-ring (bicyclic) bond motifs is 2. The van der Waals surface area contributed by atoms with Crippen molar-refractivity contribution in [3.05, 3.63) is 83.4 Å². The van der Waals surface area contributed by atoms with Crippen molar-refractivity contribution < 1.29 is 42.9 Å². The standard InChI is InChI=1S/C40H51N5O9/c1-25(2)36-40(50)42-18-9-13-27-15-16-33(53-5)34(20-27)54-24-35(46)41-17-10-14-31(43-37(47)28-21-29(51-3)23-30(22-28)52-4)38(48)44-32(39(49)45-36)19-26-11-7-6-8-12-26/h6-8,11-12,15-16,20-23,25,31-32,36H,9-10,13-14,17-19,24H2,1-5H3,(H,41,46)(H,42,50)(H,43,47)(H,44,48)(H,45,49)/t31-,32-,36+/m0/s1. The van der Waals surface area contributed by atoms with Gasteiger partial charge in [-0.2, -0.15) is 0 Å². The molecule has 2 bridgehead atoms. The zero-order valence-electron chi connectivity index (χ0n) is 31.5. The Kier molecular flexibility index (Phi) is 15.5. The summed E-state index contributed by atoms with van der Waals surface area (Å²) in [5.74, 6) is -1.14. The Morgan fingerprint density at radius 2 is 1.52 bits per heavy atom. The topological polar surface area (TPSA) is 182 Å². The number of carbonyl (C=O) groups excluding carboxylic acids is 5. The first-order chi connectivity index (χ1) is 26.0. The molecule has 290 valence electrons. The minimum absolute atomic E-state index is 0.104. The lowest BCUT2D eigenvalue weighted by molar-refractivity contribution is -0.133. The fourth-order valence-electron chi connectivity index (χ4n) is 5.90. The summed E-state index contributed by atoms with van der Waals surface area (Å²) in [5, 5.41) is 14.2. The van der Waals surface area contributed by atoms with Crippen molar-refractivity contribution in [3.63, 3.8) is 0 Å². The molecule has 1 heterocycles. The van der Waals surface area contributed by atoms with Gasteiger partial charge in [-0.1, -0.05) is 50.2 Å². The van der Waals surface area contributed by atoms with Gasteiger partial charge in [0.25, 0.3) is 11.8 Å². The molecular formula is C40H51N5O9. The molecule has 0 spiro atoms. The summed E-state index contributed by atoms with van der Waals surface area (Å²) in [6, 6.07) is 16.2. The number of ether oxygens (including phenoxy) is 4. The third kappa shape index (κ3) is 12.1. The number of hydrogen-bond acceptors (Lipinski definition) is 9. The van der Waals surface area contributed by atoms with Crippen LogP contribution in [0.3, 0.4) is 0 Å². The van der Waals surface area contributed by atoms with E-state index in [1.807, 2.05) is 50.2 Å². The van der Waals surface area contributed by atoms with Gasteiger partial charge in [-0.25, -0.2) is 0 Å². The Hall–Kier alpha value is -5.79. The molecule has 0 radical (unpaired) electrons. The van der Waals surface area contributed by atoms with Gasteiger partial charge in [-0.3, -0.25) is 24.0 Å². The molecule has 4 rings (SSSR count). The lowest BCUT2D eigenvalue weighted by Crippen LogP contribution is -2.58. The van der Waals surface area contributed by atoms with Crippen molar-refractivity contribution in [2.24, 2.45) is 5.92 Å². The number of methoxy groups -OCH3 is 3. The van der Waals surface area contributed by atoms with Crippen LogP contribution in [0.1, 0.15) is 54.6 Å². The molecule has 0 saturated carbocycles. The first-order valence-corrected chi connectivity index (χ1v) is 18.0. The SMILES string of the molecule is COc1cc(OC)cc(C(=O)N[C@H]2CCCNC(=O)COc3cc(ccc3OC)CCCNC(=O)[C@@H](C(C)C)NC(=O)[C@H](Cc3ccccc3)NC2=O)c1. The highest BCUT2D eigenvalue weighted by Gasteiger charge is 2.31. The molecule has 14 heteroatoms. The van der Waals surface area contributed by atoms with Crippen LogP contribution >= 0.6 is 0 Å². The fourth-order valence-corrected chi connectivity index (χ4v) is 5.90. The summed E-state index contributed by atoms with van der Waals surface area (Å²) >= 11 is 0. The largest absolute Gasteiger partial charge is 0.497 e. The predicted octanol–water partition coefficient (Wildman–Crippen LogP) is 2.72. The second-order valence-electron chi connectivity index (χ2n) is 13.3. The molecule has 3 aromatic rings. The van der Waals surface area contributed by atoms with E-state index in [1.54, 1.807) is 18.2 Å². The Bertz CT molecular complexity index is 1730. The molecule has 0 unspecified atom stereocenters. The van der Waals surface area contributed by atoms with Crippen LogP contribution in [0.25, 0.3) is 0 Å². The highest BCUT2D eigenvalue weighted by Crippen LogP contribution is 2.28. The molecular weight excluding hydrogens is 694 g/mol. The second kappa shape index (κ2) is 20.5. The van der Waals surface area contributed by atoms with Gasteiger partial charge in [0.2, 0.25) is 17.7 Å². The summed E-state index contributed by atoms with van der Waals surface area (Å²) in [7, 11) is 4.43. The number of hydrogen-bond donors (Lipinski definition) is 5. The van der Waals surface area contributed by atoms with Crippen LogP contribution in [-0.2, 0) is 32.0 Å². The van der Waals surface area contributed by atoms with Crippen LogP contribution < -0.4 is 45.5 Å². The molecule has 0 fully saturated rings. The highest BCUT2D eigenvalue weighted by molar-refractivity contribution is 5.99. The molecule has 0 saturated heterocycles. The monoisotopic (exact) mass is 745 g/mol. The molecule has 1 aliphatic rings. The molecule has 0 aliphatic carbocycles. The normalized spacial score (nSPS) is 19.3. The van der Waals surface area contributed by atoms with Crippen LogP contribution in [0.15, 0.2) is 66.7 Å². The van der Waals surface area contributed by atoms with Gasteiger partial charge >= 0.3 is 0 Å². The van der Waals surface area contributed by atoms with E-state index in [0.717, 1.165) is 11.1 Å². The summed E-state index contributed by atoms with van der Waals surface area (Å²) in [4.78, 5) is 67.8. The number of aryl methyl sites for hydroxylation is 1. The first-order valence-electron chi connectivity index (χ1n) is 18.0. The number of benzene rings is 3. The molecule has 54 heavy (non-hydrogen) atoms. The number of carbonyl (C=O) groups is 5. The van der Waals surface area contributed by atoms with Gasteiger partial charge < -0.3 is 45.5 Å². The van der Waals surface area contributed by atoms with Crippen LogP contribution in [-0.4, -0.2) is 88.7 Å². The summed E-state index contributed by atoms with van der Waals surface area (Å²) in [5.41, 5.74) is 1.89. The van der Waals surface area contributed by atoms with E-state index in [1.165, 1.54) is 33.5 Å². The zero-order valence-corrected chi connectivity index (χ0v) is 31.5. The Morgan fingerprint density at radius 1 is 0.815 bits per heavy atom. The predicted molar refractivity (Wildman–Crippen MR) is 202 cm³/mol. The van der Waals surface area contributed by atoms with E-state index in [4.69, 9.17) is 18.9 Å². The molecule has 3 atom stereocenters. The van der Waals surface area contributed by atoms with Gasteiger partial charge in [0.15, 0.2) is 18.1 Å². The fraction of sp³-hybridized carbons (Fsp3) is 0.425. The lowest BCUT2D eigenvalue weighted by Gasteiger charge is -2.27. The van der Waals surface area contributed by atoms with E-state index >= 15 is 0 Å². The first kappa shape index (κ1) is 41.0. The van der Waals surface area contributed by atoms with Gasteiger partial charge in [0.1, 0.15) is 29.6 Å². The summed E-state index contributed by atoms with van der Waals surface area (Å²) in [6.07, 6.45) is 1.72. The van der Waals surface area contributed by atoms with Crippen molar-refractivity contribution in [2.75, 3.05) is 41.0 Å². The minimum Gasteiger partial charge on any atom is -0.497 e. The maximum absolute atomic E-state index is 14.1. The van der Waals surface area contributed by atoms with Crippen molar-refractivity contribution in [2.45, 2.75) is 64.1 Å². The summed E-state index contributed by atoms with van der Waals surface area (Å²) < 4.78 is 21.9. The van der Waals surface area contributed by atoms with E-state index in [-0.39, 0.29) is 55.7 Å². The van der Waals surface area contributed by atoms with E-state index < -0.39 is 35.8 Å². The maximum atomic E-state index is 14.1. The minimum atomic E-state index is -1.12. The van der Waals surface area contributed by atoms with Crippen LogP contribution in [0.4, 0.5) is 0 Å². The maximum Gasteiger partial charge on any atom is 0.257 e. The zero-order chi connectivity index (χ0) is 39.0. The highest BCUT2D eigenvalue weighted by atomic mass is 16.5. The molecule has 14 nitrogen and oxygen atoms in total. The van der Waals surface area contributed by atoms with Crippen molar-refractivity contribution in [3.8, 4) is 23.0 Å². The Balaban J connectivity index is 1.63. The average Bonchev–Trinajstić information content (AvgIpc) is 3.17. The molecule has 5 amide bonds. The van der Waals surface area contributed by atoms with Gasteiger partial charge in [0.05, 0.1) is 21.3 Å². The molecule has 5 N–H and O–H groups in total. The van der Waals surface area contributed by atoms with Crippen LogP contribution in [0.2, 0.25) is 0 Å². The number of rotatable bonds is 8. The second-order valence-corrected chi connectivity index (χ2v) is 13.3. The number of nitrogens with one attached hydrogen (secondary N) is 5.